The molecular formula is C20H19F3O2. The Kier molecular flexibility index (Phi) is 5.31. The van der Waals surface area contributed by atoms with Crippen molar-refractivity contribution >= 4 is 12.2 Å². The molecule has 0 spiro atoms. The van der Waals surface area contributed by atoms with Crippen molar-refractivity contribution in [1.29, 1.82) is 0 Å². The Morgan fingerprint density at radius 2 is 1.60 bits per heavy atom. The van der Waals surface area contributed by atoms with Crippen LogP contribution in [0.25, 0.3) is 12.2 Å². The molecule has 132 valence electrons. The van der Waals surface area contributed by atoms with Crippen LogP contribution >= 0.6 is 0 Å². The van der Waals surface area contributed by atoms with E-state index < -0.39 is 17.5 Å². The monoisotopic (exact) mass is 348 g/mol. The molecule has 25 heavy (non-hydrogen) atoms. The fourth-order valence-electron chi connectivity index (χ4n) is 2.96. The SMILES string of the molecule is COc1cc(F)c(/C=C/c2c(F)cccc2F)cc1OC1CCCC1. The van der Waals surface area contributed by atoms with Crippen LogP contribution in [0.2, 0.25) is 0 Å². The summed E-state index contributed by atoms with van der Waals surface area (Å²) < 4.78 is 52.7. The Hall–Kier alpha value is -2.43. The first-order valence-electron chi connectivity index (χ1n) is 8.25. The zero-order chi connectivity index (χ0) is 17.8. The second-order valence-corrected chi connectivity index (χ2v) is 6.02. The third kappa shape index (κ3) is 3.98. The van der Waals surface area contributed by atoms with Crippen molar-refractivity contribution in [2.24, 2.45) is 0 Å². The summed E-state index contributed by atoms with van der Waals surface area (Å²) in [5, 5.41) is 0. The average molecular weight is 348 g/mol. The van der Waals surface area contributed by atoms with Crippen molar-refractivity contribution in [3.8, 4) is 11.5 Å². The van der Waals surface area contributed by atoms with Gasteiger partial charge in [-0.1, -0.05) is 12.1 Å². The molecule has 0 aliphatic heterocycles. The first-order valence-corrected chi connectivity index (χ1v) is 8.25. The topological polar surface area (TPSA) is 18.5 Å². The summed E-state index contributed by atoms with van der Waals surface area (Å²) in [7, 11) is 1.44. The number of hydrogen-bond acceptors (Lipinski definition) is 2. The van der Waals surface area contributed by atoms with Gasteiger partial charge in [0.05, 0.1) is 13.2 Å². The molecule has 1 fully saturated rings. The average Bonchev–Trinajstić information content (AvgIpc) is 3.09. The third-order valence-corrected chi connectivity index (χ3v) is 4.31. The zero-order valence-electron chi connectivity index (χ0n) is 13.9. The van der Waals surface area contributed by atoms with E-state index in [4.69, 9.17) is 9.47 Å². The normalized spacial score (nSPS) is 15.0. The number of hydrogen-bond donors (Lipinski definition) is 0. The van der Waals surface area contributed by atoms with E-state index in [9.17, 15) is 13.2 Å². The molecule has 0 heterocycles. The summed E-state index contributed by atoms with van der Waals surface area (Å²) in [5.74, 6) is -1.22. The zero-order valence-corrected chi connectivity index (χ0v) is 13.9. The molecule has 0 aromatic heterocycles. The van der Waals surface area contributed by atoms with Gasteiger partial charge in [0.2, 0.25) is 0 Å². The molecule has 0 N–H and O–H groups in total. The lowest BCUT2D eigenvalue weighted by Gasteiger charge is -2.16. The number of methoxy groups -OCH3 is 1. The van der Waals surface area contributed by atoms with E-state index in [0.29, 0.717) is 11.5 Å². The van der Waals surface area contributed by atoms with Gasteiger partial charge >= 0.3 is 0 Å². The fourth-order valence-corrected chi connectivity index (χ4v) is 2.96. The van der Waals surface area contributed by atoms with E-state index in [1.54, 1.807) is 0 Å². The Morgan fingerprint density at radius 3 is 2.24 bits per heavy atom. The standard InChI is InChI=1S/C20H19F3O2/c1-24-19-12-18(23)13(11-20(19)25-14-5-2-3-6-14)9-10-15-16(21)7-4-8-17(15)22/h4,7-12,14H,2-3,5-6H2,1H3/b10-9+. The van der Waals surface area contributed by atoms with Gasteiger partial charge in [-0.3, -0.25) is 0 Å². The highest BCUT2D eigenvalue weighted by atomic mass is 19.1. The van der Waals surface area contributed by atoms with E-state index in [0.717, 1.165) is 37.8 Å². The van der Waals surface area contributed by atoms with E-state index in [1.165, 1.54) is 37.5 Å². The van der Waals surface area contributed by atoms with Crippen molar-refractivity contribution < 1.29 is 22.6 Å². The summed E-state index contributed by atoms with van der Waals surface area (Å²) in [6, 6.07) is 6.32. The van der Waals surface area contributed by atoms with Gasteiger partial charge in [0, 0.05) is 17.2 Å². The van der Waals surface area contributed by atoms with Crippen LogP contribution in [0.5, 0.6) is 11.5 Å². The van der Waals surface area contributed by atoms with Crippen LogP contribution in [0.3, 0.4) is 0 Å². The van der Waals surface area contributed by atoms with Gasteiger partial charge in [0.1, 0.15) is 17.5 Å². The molecule has 1 aliphatic rings. The Labute approximate surface area is 144 Å². The summed E-state index contributed by atoms with van der Waals surface area (Å²) in [4.78, 5) is 0. The number of benzene rings is 2. The largest absolute Gasteiger partial charge is 0.493 e. The molecule has 0 saturated heterocycles. The minimum Gasteiger partial charge on any atom is -0.493 e. The second-order valence-electron chi connectivity index (χ2n) is 6.02. The van der Waals surface area contributed by atoms with Gasteiger partial charge < -0.3 is 9.47 Å². The van der Waals surface area contributed by atoms with Gasteiger partial charge in [-0.25, -0.2) is 13.2 Å². The summed E-state index contributed by atoms with van der Waals surface area (Å²) in [6.07, 6.45) is 6.74. The van der Waals surface area contributed by atoms with Crippen molar-refractivity contribution in [2.45, 2.75) is 31.8 Å². The predicted octanol–water partition coefficient (Wildman–Crippen LogP) is 5.60. The molecule has 2 aromatic carbocycles. The van der Waals surface area contributed by atoms with Crippen LogP contribution in [-0.4, -0.2) is 13.2 Å². The van der Waals surface area contributed by atoms with Gasteiger partial charge in [-0.05, 0) is 50.0 Å². The lowest BCUT2D eigenvalue weighted by molar-refractivity contribution is 0.200. The van der Waals surface area contributed by atoms with E-state index >= 15 is 0 Å². The Morgan fingerprint density at radius 1 is 0.920 bits per heavy atom. The van der Waals surface area contributed by atoms with Crippen LogP contribution in [0.4, 0.5) is 13.2 Å². The first-order chi connectivity index (χ1) is 12.1. The van der Waals surface area contributed by atoms with Crippen molar-refractivity contribution in [2.75, 3.05) is 7.11 Å². The molecule has 1 aliphatic carbocycles. The van der Waals surface area contributed by atoms with Gasteiger partial charge in [-0.2, -0.15) is 0 Å². The van der Waals surface area contributed by atoms with Gasteiger partial charge in [-0.15, -0.1) is 0 Å². The number of halogens is 3. The molecule has 0 amide bonds. The summed E-state index contributed by atoms with van der Waals surface area (Å²) in [5.41, 5.74) is -0.0348. The smallest absolute Gasteiger partial charge is 0.163 e. The second kappa shape index (κ2) is 7.64. The van der Waals surface area contributed by atoms with E-state index in [1.807, 2.05) is 0 Å². The quantitative estimate of drug-likeness (QED) is 0.655. The highest BCUT2D eigenvalue weighted by Crippen LogP contribution is 2.34. The van der Waals surface area contributed by atoms with Crippen LogP contribution in [0, 0.1) is 17.5 Å². The predicted molar refractivity (Wildman–Crippen MR) is 91.1 cm³/mol. The summed E-state index contributed by atoms with van der Waals surface area (Å²) >= 11 is 0. The minimum atomic E-state index is -0.701. The molecule has 0 bridgehead atoms. The maximum Gasteiger partial charge on any atom is 0.163 e. The van der Waals surface area contributed by atoms with Gasteiger partial charge in [0.15, 0.2) is 11.5 Å². The van der Waals surface area contributed by atoms with Crippen molar-refractivity contribution in [3.05, 3.63) is 58.9 Å². The molecule has 2 aromatic rings. The Bertz CT molecular complexity index is 761. The number of ether oxygens (including phenoxy) is 2. The molecule has 5 heteroatoms. The maximum atomic E-state index is 14.3. The number of rotatable bonds is 5. The molecule has 0 unspecified atom stereocenters. The van der Waals surface area contributed by atoms with Crippen LogP contribution in [0.1, 0.15) is 36.8 Å². The molecule has 0 atom stereocenters. The molecular weight excluding hydrogens is 329 g/mol. The van der Waals surface area contributed by atoms with E-state index in [2.05, 4.69) is 0 Å². The van der Waals surface area contributed by atoms with Crippen LogP contribution < -0.4 is 9.47 Å². The highest BCUT2D eigenvalue weighted by Gasteiger charge is 2.19. The third-order valence-electron chi connectivity index (χ3n) is 4.31. The van der Waals surface area contributed by atoms with Crippen molar-refractivity contribution in [3.63, 3.8) is 0 Å². The van der Waals surface area contributed by atoms with Gasteiger partial charge in [0.25, 0.3) is 0 Å². The summed E-state index contributed by atoms with van der Waals surface area (Å²) in [6.45, 7) is 0. The fraction of sp³-hybridized carbons (Fsp3) is 0.300. The maximum absolute atomic E-state index is 14.3. The lowest BCUT2D eigenvalue weighted by Crippen LogP contribution is -2.11. The van der Waals surface area contributed by atoms with Crippen molar-refractivity contribution in [1.82, 2.24) is 0 Å². The Balaban J connectivity index is 1.91. The highest BCUT2D eigenvalue weighted by molar-refractivity contribution is 5.71. The molecule has 0 radical (unpaired) electrons. The minimum absolute atomic E-state index is 0.0835. The molecule has 2 nitrogen and oxygen atoms in total. The van der Waals surface area contributed by atoms with Crippen LogP contribution in [-0.2, 0) is 0 Å². The molecule has 1 saturated carbocycles. The first kappa shape index (κ1) is 17.4. The lowest BCUT2D eigenvalue weighted by atomic mass is 10.1. The van der Waals surface area contributed by atoms with E-state index in [-0.39, 0.29) is 17.2 Å². The molecule has 3 rings (SSSR count). The van der Waals surface area contributed by atoms with Crippen LogP contribution in [0.15, 0.2) is 30.3 Å².